The predicted molar refractivity (Wildman–Crippen MR) is 201 cm³/mol. The Balaban J connectivity index is 1.28. The van der Waals surface area contributed by atoms with Crippen molar-refractivity contribution < 1.29 is 0 Å². The SMILES string of the molecule is N#Cc1ccc(-c2ccc(-c3cc4c(-c5ccc6ccccc6c5)cc(-c5ccc6ccccc6c5)nc4c4ccccc34)cc2)cc1. The van der Waals surface area contributed by atoms with E-state index in [0.29, 0.717) is 5.56 Å². The van der Waals surface area contributed by atoms with Gasteiger partial charge in [0.2, 0.25) is 0 Å². The fraction of sp³-hybridized carbons (Fsp3) is 0. The van der Waals surface area contributed by atoms with E-state index in [4.69, 9.17) is 4.98 Å². The first kappa shape index (κ1) is 27.7. The summed E-state index contributed by atoms with van der Waals surface area (Å²) in [6.45, 7) is 0. The number of nitrogens with zero attached hydrogens (tertiary/aromatic N) is 2. The van der Waals surface area contributed by atoms with Gasteiger partial charge in [-0.15, -0.1) is 0 Å². The third kappa shape index (κ3) is 4.78. The summed E-state index contributed by atoms with van der Waals surface area (Å²) in [7, 11) is 0. The first-order valence-electron chi connectivity index (χ1n) is 16.2. The summed E-state index contributed by atoms with van der Waals surface area (Å²) in [5, 5.41) is 17.5. The summed E-state index contributed by atoms with van der Waals surface area (Å²) in [6, 6.07) is 62.3. The van der Waals surface area contributed by atoms with Crippen LogP contribution in [0.5, 0.6) is 0 Å². The van der Waals surface area contributed by atoms with Gasteiger partial charge in [0.05, 0.1) is 22.8 Å². The predicted octanol–water partition coefficient (Wildman–Crippen LogP) is 12.2. The summed E-state index contributed by atoms with van der Waals surface area (Å²) in [5.41, 5.74) is 10.6. The van der Waals surface area contributed by atoms with E-state index < -0.39 is 0 Å². The van der Waals surface area contributed by atoms with Crippen LogP contribution in [0.2, 0.25) is 0 Å². The number of fused-ring (bicyclic) bond motifs is 5. The maximum atomic E-state index is 9.22. The van der Waals surface area contributed by atoms with Gasteiger partial charge in [0.15, 0.2) is 0 Å². The van der Waals surface area contributed by atoms with Gasteiger partial charge >= 0.3 is 0 Å². The van der Waals surface area contributed by atoms with Crippen molar-refractivity contribution in [2.45, 2.75) is 0 Å². The molecule has 0 saturated heterocycles. The topological polar surface area (TPSA) is 36.7 Å². The minimum Gasteiger partial charge on any atom is -0.247 e. The van der Waals surface area contributed by atoms with Crippen LogP contribution in [0, 0.1) is 11.3 Å². The molecule has 0 N–H and O–H groups in total. The molecule has 8 aromatic carbocycles. The molecule has 0 unspecified atom stereocenters. The molecule has 9 aromatic rings. The van der Waals surface area contributed by atoms with Crippen LogP contribution in [0.25, 0.3) is 87.9 Å². The van der Waals surface area contributed by atoms with Gasteiger partial charge in [-0.3, -0.25) is 0 Å². The van der Waals surface area contributed by atoms with E-state index in [1.165, 1.54) is 38.1 Å². The number of hydrogen-bond donors (Lipinski definition) is 0. The molecular formula is C46H28N2. The minimum absolute atomic E-state index is 0.664. The van der Waals surface area contributed by atoms with E-state index >= 15 is 0 Å². The van der Waals surface area contributed by atoms with Crippen LogP contribution >= 0.6 is 0 Å². The van der Waals surface area contributed by atoms with Gasteiger partial charge in [0.25, 0.3) is 0 Å². The van der Waals surface area contributed by atoms with E-state index in [9.17, 15) is 5.26 Å². The normalized spacial score (nSPS) is 11.3. The van der Waals surface area contributed by atoms with E-state index in [1.54, 1.807) is 0 Å². The van der Waals surface area contributed by atoms with Gasteiger partial charge in [0.1, 0.15) is 0 Å². The molecule has 0 aliphatic rings. The lowest BCUT2D eigenvalue weighted by Crippen LogP contribution is -1.93. The molecule has 1 aromatic heterocycles. The maximum Gasteiger partial charge on any atom is 0.0991 e. The summed E-state index contributed by atoms with van der Waals surface area (Å²) in [5.74, 6) is 0. The van der Waals surface area contributed by atoms with Crippen molar-refractivity contribution in [1.82, 2.24) is 4.98 Å². The minimum atomic E-state index is 0.664. The van der Waals surface area contributed by atoms with E-state index in [-0.39, 0.29) is 0 Å². The van der Waals surface area contributed by atoms with Crippen LogP contribution in [-0.4, -0.2) is 4.98 Å². The van der Waals surface area contributed by atoms with Crippen molar-refractivity contribution in [3.63, 3.8) is 0 Å². The molecule has 0 saturated carbocycles. The third-order valence-corrected chi connectivity index (χ3v) is 9.47. The lowest BCUT2D eigenvalue weighted by atomic mass is 9.90. The van der Waals surface area contributed by atoms with Crippen LogP contribution in [-0.2, 0) is 0 Å². The Kier molecular flexibility index (Phi) is 6.56. The molecule has 0 bridgehead atoms. The van der Waals surface area contributed by atoms with E-state index in [1.807, 2.05) is 24.3 Å². The van der Waals surface area contributed by atoms with Gasteiger partial charge in [-0.2, -0.15) is 5.26 Å². The lowest BCUT2D eigenvalue weighted by Gasteiger charge is -2.16. The van der Waals surface area contributed by atoms with Gasteiger partial charge in [-0.1, -0.05) is 133 Å². The molecule has 0 aliphatic carbocycles. The van der Waals surface area contributed by atoms with Gasteiger partial charge in [0, 0.05) is 16.3 Å². The van der Waals surface area contributed by atoms with Crippen LogP contribution in [0.4, 0.5) is 0 Å². The van der Waals surface area contributed by atoms with Crippen molar-refractivity contribution in [3.8, 4) is 50.7 Å². The summed E-state index contributed by atoms with van der Waals surface area (Å²) in [6.07, 6.45) is 0. The van der Waals surface area contributed by atoms with E-state index in [2.05, 4.69) is 152 Å². The van der Waals surface area contributed by atoms with Crippen molar-refractivity contribution >= 4 is 43.2 Å². The third-order valence-electron chi connectivity index (χ3n) is 9.47. The molecule has 0 atom stereocenters. The molecule has 0 spiro atoms. The number of rotatable bonds is 4. The Hall–Kier alpha value is -6.56. The van der Waals surface area contributed by atoms with Crippen LogP contribution in [0.1, 0.15) is 5.56 Å². The number of aromatic nitrogens is 1. The van der Waals surface area contributed by atoms with Gasteiger partial charge in [-0.05, 0) is 96.7 Å². The molecule has 2 heteroatoms. The van der Waals surface area contributed by atoms with Crippen LogP contribution in [0.3, 0.4) is 0 Å². The molecular weight excluding hydrogens is 581 g/mol. The zero-order valence-corrected chi connectivity index (χ0v) is 26.1. The van der Waals surface area contributed by atoms with E-state index in [0.717, 1.165) is 49.8 Å². The quantitative estimate of drug-likeness (QED) is 0.186. The zero-order valence-electron chi connectivity index (χ0n) is 26.1. The van der Waals surface area contributed by atoms with Crippen LogP contribution in [0.15, 0.2) is 170 Å². The molecule has 0 amide bonds. The van der Waals surface area contributed by atoms with Crippen molar-refractivity contribution in [2.75, 3.05) is 0 Å². The Morgan fingerprint density at radius 2 is 0.875 bits per heavy atom. The maximum absolute atomic E-state index is 9.22. The van der Waals surface area contributed by atoms with Gasteiger partial charge < -0.3 is 0 Å². The first-order chi connectivity index (χ1) is 23.7. The van der Waals surface area contributed by atoms with Crippen molar-refractivity contribution in [3.05, 3.63) is 175 Å². The van der Waals surface area contributed by atoms with Crippen LogP contribution < -0.4 is 0 Å². The largest absolute Gasteiger partial charge is 0.247 e. The highest BCUT2D eigenvalue weighted by molar-refractivity contribution is 6.16. The number of benzene rings is 8. The zero-order chi connectivity index (χ0) is 32.0. The summed E-state index contributed by atoms with van der Waals surface area (Å²) >= 11 is 0. The highest BCUT2D eigenvalue weighted by Gasteiger charge is 2.16. The molecule has 0 radical (unpaired) electrons. The highest BCUT2D eigenvalue weighted by atomic mass is 14.7. The number of pyridine rings is 1. The molecule has 2 nitrogen and oxygen atoms in total. The Morgan fingerprint density at radius 1 is 0.375 bits per heavy atom. The first-order valence-corrected chi connectivity index (χ1v) is 16.2. The number of hydrogen-bond acceptors (Lipinski definition) is 2. The second-order valence-electron chi connectivity index (χ2n) is 12.3. The smallest absolute Gasteiger partial charge is 0.0991 e. The molecule has 48 heavy (non-hydrogen) atoms. The molecule has 9 rings (SSSR count). The summed E-state index contributed by atoms with van der Waals surface area (Å²) < 4.78 is 0. The summed E-state index contributed by atoms with van der Waals surface area (Å²) in [4.78, 5) is 5.41. The average molecular weight is 609 g/mol. The fourth-order valence-corrected chi connectivity index (χ4v) is 6.96. The highest BCUT2D eigenvalue weighted by Crippen LogP contribution is 2.41. The molecule has 0 fully saturated rings. The molecule has 222 valence electrons. The second-order valence-corrected chi connectivity index (χ2v) is 12.3. The standard InChI is InChI=1S/C46H28N2/c47-29-30-13-15-33(16-14-30)34-17-21-35(22-18-34)42-27-44-43(38-23-19-31-7-1-3-9-36(31)25-38)28-45(48-46(44)41-12-6-5-11-40(41)42)39-24-20-32-8-2-4-10-37(32)26-39/h1-28H. The van der Waals surface area contributed by atoms with Gasteiger partial charge in [-0.25, -0.2) is 4.98 Å². The van der Waals surface area contributed by atoms with Crippen molar-refractivity contribution in [2.24, 2.45) is 0 Å². The monoisotopic (exact) mass is 608 g/mol. The van der Waals surface area contributed by atoms with Crippen molar-refractivity contribution in [1.29, 1.82) is 5.26 Å². The Morgan fingerprint density at radius 3 is 1.54 bits per heavy atom. The lowest BCUT2D eigenvalue weighted by molar-refractivity contribution is 1.41. The molecule has 0 aliphatic heterocycles. The Labute approximate surface area is 278 Å². The fourth-order valence-electron chi connectivity index (χ4n) is 6.96. The Bertz CT molecular complexity index is 2710. The second kappa shape index (κ2) is 11.4. The number of nitriles is 1. The molecule has 1 heterocycles. The average Bonchev–Trinajstić information content (AvgIpc) is 3.17.